The maximum Gasteiger partial charge on any atom is 0.0716 e. The van der Waals surface area contributed by atoms with E-state index >= 15 is 0 Å². The van der Waals surface area contributed by atoms with Crippen LogP contribution in [0.2, 0.25) is 0 Å². The van der Waals surface area contributed by atoms with Gasteiger partial charge in [-0.25, -0.2) is 0 Å². The zero-order valence-corrected chi connectivity index (χ0v) is 57.9. The van der Waals surface area contributed by atoms with Gasteiger partial charge in [0.05, 0.1) is 62.6 Å². The fraction of sp³-hybridized carbons (Fsp3) is 0.121. The second-order valence-electron chi connectivity index (χ2n) is 31.1. The molecule has 3 aromatic heterocycles. The lowest BCUT2D eigenvalue weighted by Crippen LogP contribution is -2.26. The van der Waals surface area contributed by atoms with Crippen LogP contribution in [-0.4, -0.2) is 15.0 Å². The highest BCUT2D eigenvalue weighted by Gasteiger charge is 2.41. The first-order valence-corrected chi connectivity index (χ1v) is 37.7. The van der Waals surface area contributed by atoms with Gasteiger partial charge in [-0.3, -0.25) is 15.0 Å². The number of fused-ring (bicyclic) bond motifs is 33. The van der Waals surface area contributed by atoms with E-state index in [9.17, 15) is 0 Å². The molecule has 105 heavy (non-hydrogen) atoms. The van der Waals surface area contributed by atoms with E-state index in [1.54, 1.807) is 0 Å². The van der Waals surface area contributed by atoms with Crippen molar-refractivity contribution < 1.29 is 0 Å². The Labute approximate surface area is 609 Å². The van der Waals surface area contributed by atoms with Crippen LogP contribution in [0.3, 0.4) is 0 Å². The molecule has 0 bridgehead atoms. The highest BCUT2D eigenvalue weighted by Crippen LogP contribution is 2.60. The standard InChI is InChI=1S/3C33H22N2/c1-3-7-26-19(5-1)12-22-13-23-14-24-17-34-18-25-15-29-30(35(33(24)25)31(23)16-28(22)26)10-9-21-11-20-6-2-4-8-27(20)32(21)29;1-3-7-25-19(5-1)14-23-15-24-17-29-33-22(11-12-34-29)16-28-30(35(33)31(24)18-27(23)25)10-9-21-13-20-6-2-4-8-26(20)32(21)28;1-3-7-25-19(5-1)14-23-16-24-15-22-11-12-34-29-17-28-30(35(33(22)29)31(24)18-27(23)25)10-9-21-13-20-6-2-4-8-26(20)32(21)28/h1-10,13,16-18H,11-12,14-15H2;1-12,15,18H,13-14,16-17H2;1-12,16,18H,13-15,17H2. The number of benzene rings is 12. The lowest BCUT2D eigenvalue weighted by molar-refractivity contribution is 0.958. The number of hydrogen-bond donors (Lipinski definition) is 0. The number of aromatic nitrogens is 3. The Kier molecular flexibility index (Phi) is 11.5. The monoisotopic (exact) mass is 1340 g/mol. The molecule has 0 amide bonds. The molecule has 492 valence electrons. The lowest BCUT2D eigenvalue weighted by atomic mass is 9.84. The Bertz CT molecular complexity index is 5900. The molecule has 6 aliphatic heterocycles. The Hall–Kier alpha value is -12.5. The van der Waals surface area contributed by atoms with Crippen LogP contribution >= 0.6 is 0 Å². The van der Waals surface area contributed by atoms with Gasteiger partial charge in [0.15, 0.2) is 0 Å². The van der Waals surface area contributed by atoms with Crippen molar-refractivity contribution in [2.24, 2.45) is 0 Å². The molecule has 0 saturated heterocycles. The first-order chi connectivity index (χ1) is 52.0. The van der Waals surface area contributed by atoms with Gasteiger partial charge in [0.1, 0.15) is 0 Å². The molecule has 0 spiro atoms. The van der Waals surface area contributed by atoms with Crippen LogP contribution < -0.4 is 14.7 Å². The van der Waals surface area contributed by atoms with Crippen LogP contribution in [0.1, 0.15) is 134 Å². The SMILES string of the molecule is c1ccc2c(c1)Cc1cc3c(cc1-2)N1c2ccc4c(c2Cc2ccnc(c21)C3)-c1ccccc1C4.c1ccc2c(c1)Cc1cc3c(cc1-2)N1c2ccc4c(c2Cc2cncc(c21)C3)-c1ccccc1C4.c1ccc2c(c1)Cc1cc3c(cc1-2)N1c2ccc4c(c2Cc2nccc(c21)C3)-c1ccccc1C4. The third-order valence-electron chi connectivity index (χ3n) is 25.7. The number of pyridine rings is 3. The molecule has 0 unspecified atom stereocenters. The van der Waals surface area contributed by atoms with Crippen LogP contribution in [0.25, 0.3) is 66.8 Å². The molecule has 9 heterocycles. The minimum atomic E-state index is 0.898. The molecule has 0 atom stereocenters. The maximum atomic E-state index is 4.93. The molecule has 12 aliphatic rings. The number of hydrogen-bond acceptors (Lipinski definition) is 6. The van der Waals surface area contributed by atoms with Gasteiger partial charge >= 0.3 is 0 Å². The zero-order chi connectivity index (χ0) is 68.0. The summed E-state index contributed by atoms with van der Waals surface area (Å²) in [4.78, 5) is 22.2. The van der Waals surface area contributed by atoms with Gasteiger partial charge < -0.3 is 14.7 Å². The third kappa shape index (κ3) is 8.01. The van der Waals surface area contributed by atoms with Crippen molar-refractivity contribution in [1.29, 1.82) is 0 Å². The van der Waals surface area contributed by atoms with Crippen molar-refractivity contribution in [1.82, 2.24) is 15.0 Å². The average Bonchev–Trinajstić information content (AvgIpc) is 1.71. The molecule has 0 radical (unpaired) electrons. The summed E-state index contributed by atoms with van der Waals surface area (Å²) in [6.07, 6.45) is 20.1. The molecule has 6 heteroatoms. The predicted octanol–water partition coefficient (Wildman–Crippen LogP) is 22.5. The maximum absolute atomic E-state index is 4.93. The van der Waals surface area contributed by atoms with E-state index in [-0.39, 0.29) is 0 Å². The molecular formula is C99H66N6. The molecule has 0 fully saturated rings. The largest absolute Gasteiger partial charge is 0.309 e. The molecule has 12 aromatic carbocycles. The summed E-state index contributed by atoms with van der Waals surface area (Å²) in [6.45, 7) is 0. The summed E-state index contributed by atoms with van der Waals surface area (Å²) in [5.41, 5.74) is 62.8. The molecule has 27 rings (SSSR count). The van der Waals surface area contributed by atoms with Gasteiger partial charge in [0.2, 0.25) is 0 Å². The topological polar surface area (TPSA) is 48.4 Å². The fourth-order valence-corrected chi connectivity index (χ4v) is 21.3. The van der Waals surface area contributed by atoms with Gasteiger partial charge in [-0.1, -0.05) is 182 Å². The second kappa shape index (κ2) is 21.1. The van der Waals surface area contributed by atoms with E-state index in [2.05, 4.69) is 258 Å². The Balaban J connectivity index is 0.0000000914. The van der Waals surface area contributed by atoms with Crippen molar-refractivity contribution in [2.45, 2.75) is 77.0 Å². The van der Waals surface area contributed by atoms with Gasteiger partial charge in [-0.2, -0.15) is 0 Å². The van der Waals surface area contributed by atoms with E-state index in [1.165, 1.54) is 252 Å². The van der Waals surface area contributed by atoms with Gasteiger partial charge in [0.25, 0.3) is 0 Å². The summed E-state index contributed by atoms with van der Waals surface area (Å²) in [7, 11) is 0. The van der Waals surface area contributed by atoms with Gasteiger partial charge in [-0.15, -0.1) is 0 Å². The van der Waals surface area contributed by atoms with Crippen LogP contribution in [0, 0.1) is 0 Å². The van der Waals surface area contributed by atoms with Crippen LogP contribution in [0.15, 0.2) is 255 Å². The van der Waals surface area contributed by atoms with E-state index < -0.39 is 0 Å². The minimum absolute atomic E-state index is 0.898. The van der Waals surface area contributed by atoms with E-state index in [0.29, 0.717) is 0 Å². The molecule has 0 saturated carbocycles. The highest BCUT2D eigenvalue weighted by molar-refractivity contribution is 6.00. The Morgan fingerprint density at radius 2 is 0.514 bits per heavy atom. The Morgan fingerprint density at radius 3 is 0.952 bits per heavy atom. The molecule has 6 nitrogen and oxygen atoms in total. The summed E-state index contributed by atoms with van der Waals surface area (Å²) in [5, 5.41) is 0. The number of nitrogens with zero attached hydrogens (tertiary/aromatic N) is 6. The molecule has 15 aromatic rings. The van der Waals surface area contributed by atoms with Crippen LogP contribution in [0.5, 0.6) is 0 Å². The van der Waals surface area contributed by atoms with Crippen molar-refractivity contribution in [3.8, 4) is 66.8 Å². The Morgan fingerprint density at radius 1 is 0.200 bits per heavy atom. The fourth-order valence-electron chi connectivity index (χ4n) is 21.3. The van der Waals surface area contributed by atoms with Gasteiger partial charge in [-0.05, 0) is 276 Å². The van der Waals surface area contributed by atoms with Crippen LogP contribution in [0.4, 0.5) is 51.2 Å². The molecule has 6 aliphatic carbocycles. The van der Waals surface area contributed by atoms with Crippen molar-refractivity contribution in [3.63, 3.8) is 0 Å². The van der Waals surface area contributed by atoms with Crippen molar-refractivity contribution in [2.75, 3.05) is 14.7 Å². The van der Waals surface area contributed by atoms with Gasteiger partial charge in [0, 0.05) is 63.3 Å². The summed E-state index contributed by atoms with van der Waals surface area (Å²) >= 11 is 0. The average molecular weight is 1340 g/mol. The summed E-state index contributed by atoms with van der Waals surface area (Å²) in [6, 6.07) is 87.0. The molecule has 0 N–H and O–H groups in total. The first-order valence-electron chi connectivity index (χ1n) is 37.7. The summed E-state index contributed by atoms with van der Waals surface area (Å²) < 4.78 is 0. The third-order valence-corrected chi connectivity index (χ3v) is 25.7. The van der Waals surface area contributed by atoms with E-state index in [0.717, 1.165) is 77.0 Å². The number of anilines is 9. The second-order valence-corrected chi connectivity index (χ2v) is 31.1. The van der Waals surface area contributed by atoms with E-state index in [1.807, 2.05) is 12.4 Å². The minimum Gasteiger partial charge on any atom is -0.309 e. The van der Waals surface area contributed by atoms with Crippen LogP contribution in [-0.2, 0) is 77.0 Å². The lowest BCUT2D eigenvalue weighted by Gasteiger charge is -2.40. The van der Waals surface area contributed by atoms with E-state index in [4.69, 9.17) is 15.0 Å². The highest BCUT2D eigenvalue weighted by atomic mass is 15.2. The molecular weight excluding hydrogens is 1270 g/mol. The smallest absolute Gasteiger partial charge is 0.0716 e. The normalized spacial score (nSPS) is 14.9. The predicted molar refractivity (Wildman–Crippen MR) is 423 cm³/mol. The number of rotatable bonds is 0. The zero-order valence-electron chi connectivity index (χ0n) is 57.9. The quantitative estimate of drug-likeness (QED) is 0.151. The van der Waals surface area contributed by atoms with Crippen molar-refractivity contribution in [3.05, 3.63) is 389 Å². The summed E-state index contributed by atoms with van der Waals surface area (Å²) in [5.74, 6) is 0. The first kappa shape index (κ1) is 57.1. The van der Waals surface area contributed by atoms with Crippen molar-refractivity contribution >= 4 is 51.2 Å².